The Morgan fingerprint density at radius 3 is 2.86 bits per heavy atom. The SMILES string of the molecule is CNC(Cc1ccc(F)cc1F)c1cc2c(s1)CCSC2. The van der Waals surface area contributed by atoms with E-state index in [0.717, 1.165) is 18.2 Å². The topological polar surface area (TPSA) is 12.0 Å². The van der Waals surface area contributed by atoms with Gasteiger partial charge in [0.25, 0.3) is 0 Å². The summed E-state index contributed by atoms with van der Waals surface area (Å²) in [4.78, 5) is 2.71. The summed E-state index contributed by atoms with van der Waals surface area (Å²) in [6.45, 7) is 0. The Labute approximate surface area is 131 Å². The second-order valence-corrected chi connectivity index (χ2v) is 7.45. The van der Waals surface area contributed by atoms with E-state index in [1.54, 1.807) is 6.07 Å². The Morgan fingerprint density at radius 1 is 1.29 bits per heavy atom. The highest BCUT2D eigenvalue weighted by atomic mass is 32.2. The van der Waals surface area contributed by atoms with Crippen molar-refractivity contribution < 1.29 is 8.78 Å². The fourth-order valence-corrected chi connectivity index (χ4v) is 5.08. The van der Waals surface area contributed by atoms with Crippen LogP contribution in [0.2, 0.25) is 0 Å². The molecule has 1 N–H and O–H groups in total. The number of hydrogen-bond acceptors (Lipinski definition) is 3. The summed E-state index contributed by atoms with van der Waals surface area (Å²) in [6, 6.07) is 6.14. The van der Waals surface area contributed by atoms with Crippen LogP contribution in [0, 0.1) is 11.6 Å². The molecule has 1 aromatic heterocycles. The molecule has 0 aliphatic carbocycles. The smallest absolute Gasteiger partial charge is 0.129 e. The van der Waals surface area contributed by atoms with E-state index < -0.39 is 11.6 Å². The molecule has 1 unspecified atom stereocenters. The standard InChI is InChI=1S/C16H17F2NS2/c1-19-14(6-10-2-3-12(17)8-13(10)18)16-7-11-9-20-5-4-15(11)21-16/h2-3,7-8,14,19H,4-6,9H2,1H3. The van der Waals surface area contributed by atoms with Crippen LogP contribution in [0.3, 0.4) is 0 Å². The molecule has 0 saturated heterocycles. The first kappa shape index (κ1) is 15.0. The van der Waals surface area contributed by atoms with Crippen LogP contribution in [0.25, 0.3) is 0 Å². The molecule has 5 heteroatoms. The van der Waals surface area contributed by atoms with Gasteiger partial charge in [0.15, 0.2) is 0 Å². The molecule has 112 valence electrons. The van der Waals surface area contributed by atoms with Gasteiger partial charge in [-0.2, -0.15) is 11.8 Å². The second-order valence-electron chi connectivity index (χ2n) is 5.18. The number of halogens is 2. The third-order valence-corrected chi connectivity index (χ3v) is 6.14. The van der Waals surface area contributed by atoms with Crippen LogP contribution >= 0.6 is 23.1 Å². The molecular weight excluding hydrogens is 308 g/mol. The maximum Gasteiger partial charge on any atom is 0.129 e. The lowest BCUT2D eigenvalue weighted by molar-refractivity contribution is 0.544. The number of aryl methyl sites for hydroxylation is 1. The molecule has 1 aliphatic rings. The number of thioether (sulfide) groups is 1. The maximum atomic E-state index is 13.8. The van der Waals surface area contributed by atoms with Gasteiger partial charge < -0.3 is 5.32 Å². The highest BCUT2D eigenvalue weighted by Crippen LogP contribution is 2.35. The van der Waals surface area contributed by atoms with Crippen molar-refractivity contribution in [3.8, 4) is 0 Å². The number of hydrogen-bond donors (Lipinski definition) is 1. The zero-order valence-electron chi connectivity index (χ0n) is 11.8. The van der Waals surface area contributed by atoms with E-state index in [4.69, 9.17) is 0 Å². The van der Waals surface area contributed by atoms with Crippen molar-refractivity contribution in [3.05, 3.63) is 56.8 Å². The number of likely N-dealkylation sites (N-methyl/N-ethyl adjacent to an activating group) is 1. The molecule has 1 nitrogen and oxygen atoms in total. The van der Waals surface area contributed by atoms with E-state index in [-0.39, 0.29) is 6.04 Å². The minimum Gasteiger partial charge on any atom is -0.312 e. The first-order chi connectivity index (χ1) is 10.2. The Bertz CT molecular complexity index is 616. The third-order valence-electron chi connectivity index (χ3n) is 3.78. The highest BCUT2D eigenvalue weighted by Gasteiger charge is 2.19. The monoisotopic (exact) mass is 325 g/mol. The Kier molecular flexibility index (Phi) is 4.62. The van der Waals surface area contributed by atoms with Gasteiger partial charge in [0.1, 0.15) is 11.6 Å². The lowest BCUT2D eigenvalue weighted by atomic mass is 10.0. The Hall–Kier alpha value is -0.910. The lowest BCUT2D eigenvalue weighted by Crippen LogP contribution is -2.18. The first-order valence-corrected chi connectivity index (χ1v) is 8.95. The van der Waals surface area contributed by atoms with Crippen molar-refractivity contribution in [2.45, 2.75) is 24.6 Å². The molecule has 0 saturated carbocycles. The summed E-state index contributed by atoms with van der Waals surface area (Å²) in [5.74, 6) is 1.27. The fourth-order valence-electron chi connectivity index (χ4n) is 2.59. The number of rotatable bonds is 4. The van der Waals surface area contributed by atoms with Crippen LogP contribution in [0.1, 0.15) is 26.9 Å². The lowest BCUT2D eigenvalue weighted by Gasteiger charge is -2.15. The highest BCUT2D eigenvalue weighted by molar-refractivity contribution is 7.98. The minimum absolute atomic E-state index is 0.0746. The van der Waals surface area contributed by atoms with Crippen LogP contribution in [-0.2, 0) is 18.6 Å². The molecule has 0 amide bonds. The summed E-state index contributed by atoms with van der Waals surface area (Å²) in [5, 5.41) is 3.26. The molecular formula is C16H17F2NS2. The average Bonchev–Trinajstić information content (AvgIpc) is 2.90. The van der Waals surface area contributed by atoms with E-state index in [0.29, 0.717) is 12.0 Å². The van der Waals surface area contributed by atoms with Crippen molar-refractivity contribution in [1.82, 2.24) is 5.32 Å². The van der Waals surface area contributed by atoms with Crippen LogP contribution in [0.15, 0.2) is 24.3 Å². The molecule has 1 aromatic carbocycles. The van der Waals surface area contributed by atoms with E-state index >= 15 is 0 Å². The normalized spacial score (nSPS) is 15.8. The molecule has 2 heterocycles. The number of nitrogens with one attached hydrogen (secondary N) is 1. The van der Waals surface area contributed by atoms with Crippen molar-refractivity contribution in [2.75, 3.05) is 12.8 Å². The van der Waals surface area contributed by atoms with Crippen molar-refractivity contribution in [2.24, 2.45) is 0 Å². The van der Waals surface area contributed by atoms with Crippen molar-refractivity contribution in [1.29, 1.82) is 0 Å². The predicted molar refractivity (Wildman–Crippen MR) is 86.0 cm³/mol. The van der Waals surface area contributed by atoms with Crippen molar-refractivity contribution in [3.63, 3.8) is 0 Å². The number of thiophene rings is 1. The zero-order valence-corrected chi connectivity index (χ0v) is 13.4. The van der Waals surface area contributed by atoms with E-state index in [9.17, 15) is 8.78 Å². The van der Waals surface area contributed by atoms with Gasteiger partial charge in [0.05, 0.1) is 0 Å². The molecule has 21 heavy (non-hydrogen) atoms. The molecule has 0 spiro atoms. The molecule has 2 aromatic rings. The average molecular weight is 325 g/mol. The summed E-state index contributed by atoms with van der Waals surface area (Å²) in [7, 11) is 1.89. The fraction of sp³-hybridized carbons (Fsp3) is 0.375. The number of benzene rings is 1. The first-order valence-electron chi connectivity index (χ1n) is 6.98. The molecule has 3 rings (SSSR count). The molecule has 0 bridgehead atoms. The number of fused-ring (bicyclic) bond motifs is 1. The van der Waals surface area contributed by atoms with E-state index in [1.807, 2.05) is 30.1 Å². The van der Waals surface area contributed by atoms with E-state index in [1.165, 1.54) is 27.1 Å². The minimum atomic E-state index is -0.527. The maximum absolute atomic E-state index is 13.8. The summed E-state index contributed by atoms with van der Waals surface area (Å²) in [6.07, 6.45) is 1.67. The van der Waals surface area contributed by atoms with Gasteiger partial charge in [-0.1, -0.05) is 6.07 Å². The van der Waals surface area contributed by atoms with Gasteiger partial charge in [0, 0.05) is 27.6 Å². The van der Waals surface area contributed by atoms with Gasteiger partial charge in [0.2, 0.25) is 0 Å². The molecule has 0 fully saturated rings. The Morgan fingerprint density at radius 2 is 2.14 bits per heavy atom. The largest absolute Gasteiger partial charge is 0.312 e. The van der Waals surface area contributed by atoms with E-state index in [2.05, 4.69) is 11.4 Å². The molecule has 0 radical (unpaired) electrons. The summed E-state index contributed by atoms with van der Waals surface area (Å²) in [5.41, 5.74) is 1.97. The summed E-state index contributed by atoms with van der Waals surface area (Å²) < 4.78 is 26.8. The van der Waals surface area contributed by atoms with Crippen LogP contribution in [0.5, 0.6) is 0 Å². The summed E-state index contributed by atoms with van der Waals surface area (Å²) >= 11 is 3.79. The van der Waals surface area contributed by atoms with Crippen molar-refractivity contribution >= 4 is 23.1 Å². The van der Waals surface area contributed by atoms with Gasteiger partial charge >= 0.3 is 0 Å². The van der Waals surface area contributed by atoms with Crippen LogP contribution in [-0.4, -0.2) is 12.8 Å². The molecule has 1 aliphatic heterocycles. The Balaban J connectivity index is 1.83. The molecule has 1 atom stereocenters. The van der Waals surface area contributed by atoms with Crippen LogP contribution < -0.4 is 5.32 Å². The second kappa shape index (κ2) is 6.46. The van der Waals surface area contributed by atoms with Gasteiger partial charge in [-0.3, -0.25) is 0 Å². The predicted octanol–water partition coefficient (Wildman–Crippen LogP) is 4.32. The van der Waals surface area contributed by atoms with Gasteiger partial charge in [-0.15, -0.1) is 11.3 Å². The quantitative estimate of drug-likeness (QED) is 0.898. The van der Waals surface area contributed by atoms with Gasteiger partial charge in [-0.05, 0) is 48.9 Å². The third kappa shape index (κ3) is 3.30. The van der Waals surface area contributed by atoms with Gasteiger partial charge in [-0.25, -0.2) is 8.78 Å². The van der Waals surface area contributed by atoms with Crippen LogP contribution in [0.4, 0.5) is 8.78 Å². The zero-order chi connectivity index (χ0) is 14.8.